The van der Waals surface area contributed by atoms with E-state index >= 15 is 0 Å². The van der Waals surface area contributed by atoms with E-state index < -0.39 is 18.0 Å². The number of rotatable bonds is 8. The summed E-state index contributed by atoms with van der Waals surface area (Å²) in [5.74, 6) is -0.898. The molecule has 1 heterocycles. The van der Waals surface area contributed by atoms with Crippen LogP contribution in [-0.4, -0.2) is 48.5 Å². The average Bonchev–Trinajstić information content (AvgIpc) is 3.29. The van der Waals surface area contributed by atoms with Gasteiger partial charge in [-0.1, -0.05) is 41.9 Å². The zero-order valence-corrected chi connectivity index (χ0v) is 23.5. The molecule has 41 heavy (non-hydrogen) atoms. The van der Waals surface area contributed by atoms with Crippen molar-refractivity contribution in [2.75, 3.05) is 31.5 Å². The van der Waals surface area contributed by atoms with Gasteiger partial charge in [0, 0.05) is 23.0 Å². The van der Waals surface area contributed by atoms with Crippen LogP contribution in [0, 0.1) is 6.92 Å². The van der Waals surface area contributed by atoms with Gasteiger partial charge in [0.1, 0.15) is 5.15 Å². The van der Waals surface area contributed by atoms with Crippen LogP contribution in [0.25, 0.3) is 16.8 Å². The number of methoxy groups -OCH3 is 2. The molecule has 3 N–H and O–H groups in total. The van der Waals surface area contributed by atoms with Gasteiger partial charge in [-0.25, -0.2) is 14.4 Å². The fourth-order valence-corrected chi connectivity index (χ4v) is 4.61. The minimum Gasteiger partial charge on any atom is -0.504 e. The predicted octanol–water partition coefficient (Wildman–Crippen LogP) is 6.43. The highest BCUT2D eigenvalue weighted by Crippen LogP contribution is 2.38. The number of carbonyl (C=O) groups excluding carboxylic acids is 3. The van der Waals surface area contributed by atoms with Gasteiger partial charge in [-0.15, -0.1) is 0 Å². The number of halogens is 1. The number of benzene rings is 3. The van der Waals surface area contributed by atoms with E-state index in [1.807, 2.05) is 0 Å². The van der Waals surface area contributed by atoms with E-state index in [-0.39, 0.29) is 28.9 Å². The molecule has 11 heteroatoms. The Hall–Kier alpha value is -4.96. The van der Waals surface area contributed by atoms with E-state index in [1.165, 1.54) is 24.9 Å². The number of nitrogens with one attached hydrogen (secondary N) is 2. The molecule has 0 unspecified atom stereocenters. The summed E-state index contributed by atoms with van der Waals surface area (Å²) in [6.07, 6.45) is 0. The van der Waals surface area contributed by atoms with Crippen molar-refractivity contribution in [2.45, 2.75) is 13.8 Å². The van der Waals surface area contributed by atoms with Crippen molar-refractivity contribution in [3.05, 3.63) is 88.7 Å². The van der Waals surface area contributed by atoms with E-state index in [2.05, 4.69) is 10.6 Å². The lowest BCUT2D eigenvalue weighted by Crippen LogP contribution is -2.22. The Morgan fingerprint density at radius 2 is 1.61 bits per heavy atom. The normalized spacial score (nSPS) is 10.6. The molecule has 0 bridgehead atoms. The first kappa shape index (κ1) is 29.0. The molecule has 0 fully saturated rings. The number of hydrogen-bond acceptors (Lipinski definition) is 7. The number of aromatic nitrogens is 1. The topological polar surface area (TPSA) is 128 Å². The highest BCUT2D eigenvalue weighted by molar-refractivity contribution is 6.31. The molecule has 1 aromatic heterocycles. The number of nitrogens with zero attached hydrogens (tertiary/aromatic N) is 1. The quantitative estimate of drug-likeness (QED) is 0.206. The standard InChI is InChI=1S/C30H28ClN3O7/c1-5-41-29(37)26-23(33-30(38)32-22-10-6-8-20(17(22)2)28(36)40-4)16-25(31)34(26)19-14-12-18(13-15-19)21-9-7-11-24(39-3)27(21)35/h6-16,35H,5H2,1-4H3,(H2,32,33,38). The van der Waals surface area contributed by atoms with Gasteiger partial charge >= 0.3 is 18.0 Å². The smallest absolute Gasteiger partial charge is 0.357 e. The van der Waals surface area contributed by atoms with E-state index in [0.29, 0.717) is 39.4 Å². The van der Waals surface area contributed by atoms with Crippen molar-refractivity contribution in [2.24, 2.45) is 0 Å². The zero-order chi connectivity index (χ0) is 29.7. The van der Waals surface area contributed by atoms with Crippen LogP contribution in [0.2, 0.25) is 5.15 Å². The van der Waals surface area contributed by atoms with Crippen LogP contribution < -0.4 is 15.4 Å². The number of ether oxygens (including phenoxy) is 3. The maximum Gasteiger partial charge on any atom is 0.357 e. The molecule has 0 atom stereocenters. The molecular formula is C30H28ClN3O7. The first-order valence-corrected chi connectivity index (χ1v) is 12.9. The second-order valence-corrected chi connectivity index (χ2v) is 9.12. The summed E-state index contributed by atoms with van der Waals surface area (Å²) < 4.78 is 16.7. The summed E-state index contributed by atoms with van der Waals surface area (Å²) in [4.78, 5) is 38.1. The molecule has 0 saturated carbocycles. The molecule has 4 aromatic rings. The number of anilines is 2. The second-order valence-electron chi connectivity index (χ2n) is 8.74. The second kappa shape index (κ2) is 12.5. The first-order valence-electron chi connectivity index (χ1n) is 12.5. The Morgan fingerprint density at radius 1 is 0.927 bits per heavy atom. The van der Waals surface area contributed by atoms with Crippen molar-refractivity contribution in [3.8, 4) is 28.3 Å². The Kier molecular flexibility index (Phi) is 8.84. The third kappa shape index (κ3) is 5.97. The third-order valence-electron chi connectivity index (χ3n) is 6.32. The van der Waals surface area contributed by atoms with Gasteiger partial charge in [0.2, 0.25) is 0 Å². The van der Waals surface area contributed by atoms with Gasteiger partial charge in [-0.05, 0) is 55.3 Å². The van der Waals surface area contributed by atoms with Crippen molar-refractivity contribution in [1.82, 2.24) is 4.57 Å². The monoisotopic (exact) mass is 577 g/mol. The molecule has 0 spiro atoms. The largest absolute Gasteiger partial charge is 0.504 e. The molecular weight excluding hydrogens is 550 g/mol. The van der Waals surface area contributed by atoms with E-state index in [4.69, 9.17) is 25.8 Å². The highest BCUT2D eigenvalue weighted by Gasteiger charge is 2.25. The average molecular weight is 578 g/mol. The van der Waals surface area contributed by atoms with Crippen LogP contribution in [0.1, 0.15) is 33.3 Å². The minimum absolute atomic E-state index is 0.00109. The van der Waals surface area contributed by atoms with Gasteiger partial charge in [0.25, 0.3) is 0 Å². The number of esters is 2. The molecule has 0 radical (unpaired) electrons. The van der Waals surface area contributed by atoms with E-state index in [0.717, 1.165) is 0 Å². The van der Waals surface area contributed by atoms with Crippen LogP contribution >= 0.6 is 11.6 Å². The highest BCUT2D eigenvalue weighted by atomic mass is 35.5. The summed E-state index contributed by atoms with van der Waals surface area (Å²) in [6.45, 7) is 3.44. The number of para-hydroxylation sites is 1. The number of phenolic OH excluding ortho intramolecular Hbond substituents is 1. The SMILES string of the molecule is CCOC(=O)c1c(NC(=O)Nc2cccc(C(=O)OC)c2C)cc(Cl)n1-c1ccc(-c2cccc(OC)c2O)cc1. The third-order valence-corrected chi connectivity index (χ3v) is 6.59. The number of hydrogen-bond donors (Lipinski definition) is 3. The molecule has 10 nitrogen and oxygen atoms in total. The van der Waals surface area contributed by atoms with E-state index in [9.17, 15) is 19.5 Å². The van der Waals surface area contributed by atoms with Crippen LogP contribution in [-0.2, 0) is 9.47 Å². The fraction of sp³-hybridized carbons (Fsp3) is 0.167. The molecule has 212 valence electrons. The van der Waals surface area contributed by atoms with Crippen molar-refractivity contribution >= 4 is 40.9 Å². The Labute approximate surface area is 241 Å². The van der Waals surface area contributed by atoms with Crippen LogP contribution in [0.3, 0.4) is 0 Å². The van der Waals surface area contributed by atoms with Crippen molar-refractivity contribution in [1.29, 1.82) is 0 Å². The maximum absolute atomic E-state index is 13.1. The zero-order valence-electron chi connectivity index (χ0n) is 22.8. The summed E-state index contributed by atoms with van der Waals surface area (Å²) >= 11 is 6.57. The van der Waals surface area contributed by atoms with Crippen LogP contribution in [0.4, 0.5) is 16.2 Å². The molecule has 0 aliphatic heterocycles. The number of phenols is 1. The lowest BCUT2D eigenvalue weighted by Gasteiger charge is -2.14. The molecule has 0 saturated heterocycles. The van der Waals surface area contributed by atoms with Gasteiger partial charge in [-0.3, -0.25) is 4.57 Å². The summed E-state index contributed by atoms with van der Waals surface area (Å²) in [6, 6.07) is 17.7. The van der Waals surface area contributed by atoms with Gasteiger partial charge in [0.15, 0.2) is 17.2 Å². The molecule has 0 aliphatic rings. The minimum atomic E-state index is -0.701. The Balaban J connectivity index is 1.67. The lowest BCUT2D eigenvalue weighted by atomic mass is 10.0. The van der Waals surface area contributed by atoms with Crippen LogP contribution in [0.15, 0.2) is 66.7 Å². The fourth-order valence-electron chi connectivity index (χ4n) is 4.32. The molecule has 3 aromatic carbocycles. The first-order chi connectivity index (χ1) is 19.7. The summed E-state index contributed by atoms with van der Waals surface area (Å²) in [5.41, 5.74) is 3.09. The molecule has 2 amide bonds. The summed E-state index contributed by atoms with van der Waals surface area (Å²) in [5, 5.41) is 16.0. The van der Waals surface area contributed by atoms with Crippen LogP contribution in [0.5, 0.6) is 11.5 Å². The van der Waals surface area contributed by atoms with Gasteiger partial charge < -0.3 is 30.0 Å². The number of amides is 2. The Bertz CT molecular complexity index is 1610. The summed E-state index contributed by atoms with van der Waals surface area (Å²) in [7, 11) is 2.75. The van der Waals surface area contributed by atoms with Crippen molar-refractivity contribution < 1.29 is 33.7 Å². The van der Waals surface area contributed by atoms with Gasteiger partial charge in [0.05, 0.1) is 32.1 Å². The number of carbonyl (C=O) groups is 3. The number of aromatic hydroxyl groups is 1. The molecule has 4 rings (SSSR count). The Morgan fingerprint density at radius 3 is 2.27 bits per heavy atom. The van der Waals surface area contributed by atoms with Gasteiger partial charge in [-0.2, -0.15) is 0 Å². The van der Waals surface area contributed by atoms with Crippen molar-refractivity contribution in [3.63, 3.8) is 0 Å². The van der Waals surface area contributed by atoms with E-state index in [1.54, 1.807) is 74.5 Å². The predicted molar refractivity (Wildman–Crippen MR) is 156 cm³/mol. The number of urea groups is 1. The maximum atomic E-state index is 13.1. The lowest BCUT2D eigenvalue weighted by molar-refractivity contribution is 0.0517. The molecule has 0 aliphatic carbocycles.